The van der Waals surface area contributed by atoms with E-state index in [0.29, 0.717) is 6.54 Å². The van der Waals surface area contributed by atoms with Gasteiger partial charge in [-0.2, -0.15) is 8.78 Å². The van der Waals surface area contributed by atoms with Crippen LogP contribution in [0.1, 0.15) is 31.5 Å². The van der Waals surface area contributed by atoms with Crippen LogP contribution >= 0.6 is 11.3 Å². The predicted molar refractivity (Wildman–Crippen MR) is 81.2 cm³/mol. The normalized spacial score (nSPS) is 11.7. The molecule has 1 N–H and O–H groups in total. The van der Waals surface area contributed by atoms with Crippen molar-refractivity contribution in [2.45, 2.75) is 39.3 Å². The van der Waals surface area contributed by atoms with Crippen LogP contribution in [0.15, 0.2) is 29.6 Å². The summed E-state index contributed by atoms with van der Waals surface area (Å²) < 4.78 is 28.4. The maximum atomic E-state index is 12.0. The molecule has 0 spiro atoms. The molecule has 1 heterocycles. The predicted octanol–water partition coefficient (Wildman–Crippen LogP) is 4.65. The number of benzene rings is 1. The third kappa shape index (κ3) is 4.67. The van der Waals surface area contributed by atoms with Crippen molar-refractivity contribution in [2.75, 3.05) is 5.32 Å². The minimum atomic E-state index is -2.80. The maximum absolute atomic E-state index is 12.0. The van der Waals surface area contributed by atoms with E-state index in [1.807, 2.05) is 0 Å². The Morgan fingerprint density at radius 3 is 2.43 bits per heavy atom. The fraction of sp³-hybridized carbons (Fsp3) is 0.400. The van der Waals surface area contributed by atoms with Gasteiger partial charge >= 0.3 is 6.61 Å². The summed E-state index contributed by atoms with van der Waals surface area (Å²) in [6.07, 6.45) is 0. The average molecular weight is 312 g/mol. The number of halogens is 2. The molecule has 0 aliphatic rings. The number of thiazole rings is 1. The minimum Gasteiger partial charge on any atom is -0.435 e. The molecule has 0 unspecified atom stereocenters. The Morgan fingerprint density at radius 1 is 1.24 bits per heavy atom. The Kier molecular flexibility index (Phi) is 4.77. The van der Waals surface area contributed by atoms with E-state index < -0.39 is 6.61 Å². The van der Waals surface area contributed by atoms with Crippen molar-refractivity contribution in [2.24, 2.45) is 0 Å². The molecule has 21 heavy (non-hydrogen) atoms. The molecular formula is C15H18F2N2OS. The largest absolute Gasteiger partial charge is 0.435 e. The molecule has 114 valence electrons. The van der Waals surface area contributed by atoms with Crippen LogP contribution in [-0.4, -0.2) is 11.6 Å². The molecule has 0 fully saturated rings. The molecular weight excluding hydrogens is 294 g/mol. The zero-order valence-electron chi connectivity index (χ0n) is 12.2. The van der Waals surface area contributed by atoms with E-state index in [-0.39, 0.29) is 11.2 Å². The molecule has 3 nitrogen and oxygen atoms in total. The van der Waals surface area contributed by atoms with E-state index in [1.165, 1.54) is 12.1 Å². The third-order valence-electron chi connectivity index (χ3n) is 2.84. The Balaban J connectivity index is 1.92. The van der Waals surface area contributed by atoms with Crippen LogP contribution < -0.4 is 10.1 Å². The maximum Gasteiger partial charge on any atom is 0.387 e. The van der Waals surface area contributed by atoms with E-state index in [1.54, 1.807) is 23.5 Å². The van der Waals surface area contributed by atoms with Gasteiger partial charge in [0, 0.05) is 16.5 Å². The highest BCUT2D eigenvalue weighted by Gasteiger charge is 2.17. The number of hydrogen-bond acceptors (Lipinski definition) is 4. The van der Waals surface area contributed by atoms with Gasteiger partial charge in [-0.25, -0.2) is 4.98 Å². The van der Waals surface area contributed by atoms with Crippen molar-refractivity contribution in [3.05, 3.63) is 40.3 Å². The van der Waals surface area contributed by atoms with Crippen LogP contribution in [0.25, 0.3) is 0 Å². The second-order valence-electron chi connectivity index (χ2n) is 5.63. The Morgan fingerprint density at radius 2 is 1.90 bits per heavy atom. The number of nitrogens with one attached hydrogen (secondary N) is 1. The monoisotopic (exact) mass is 312 g/mol. The van der Waals surface area contributed by atoms with Gasteiger partial charge in [-0.15, -0.1) is 11.3 Å². The first-order valence-corrected chi connectivity index (χ1v) is 7.46. The van der Waals surface area contributed by atoms with Gasteiger partial charge in [-0.3, -0.25) is 0 Å². The zero-order valence-corrected chi connectivity index (χ0v) is 13.0. The van der Waals surface area contributed by atoms with Crippen LogP contribution in [0.2, 0.25) is 0 Å². The molecule has 1 aromatic carbocycles. The summed E-state index contributed by atoms with van der Waals surface area (Å²) in [6, 6.07) is 6.43. The van der Waals surface area contributed by atoms with Crippen LogP contribution in [-0.2, 0) is 12.0 Å². The lowest BCUT2D eigenvalue weighted by molar-refractivity contribution is -0.0498. The molecule has 0 atom stereocenters. The first kappa shape index (κ1) is 15.7. The summed E-state index contributed by atoms with van der Waals surface area (Å²) in [5, 5.41) is 6.27. The Labute approximate surface area is 127 Å². The zero-order chi connectivity index (χ0) is 15.5. The SMILES string of the molecule is CC(C)(C)c1csc(CNc2ccc(OC(F)F)cc2)n1. The molecule has 0 bridgehead atoms. The molecule has 0 radical (unpaired) electrons. The standard InChI is InChI=1S/C15H18F2N2OS/c1-15(2,3)12-9-21-13(19-12)8-18-10-4-6-11(7-5-10)20-14(16)17/h4-7,9,14,18H,8H2,1-3H3. The molecule has 0 amide bonds. The number of anilines is 1. The van der Waals surface area contributed by atoms with Crippen molar-refractivity contribution in [1.82, 2.24) is 4.98 Å². The molecule has 2 rings (SSSR count). The van der Waals surface area contributed by atoms with E-state index in [4.69, 9.17) is 0 Å². The summed E-state index contributed by atoms with van der Waals surface area (Å²) in [7, 11) is 0. The summed E-state index contributed by atoms with van der Waals surface area (Å²) >= 11 is 1.61. The molecule has 0 aliphatic carbocycles. The summed E-state index contributed by atoms with van der Waals surface area (Å²) in [4.78, 5) is 4.59. The second kappa shape index (κ2) is 6.39. The summed E-state index contributed by atoms with van der Waals surface area (Å²) in [6.45, 7) is 4.19. The number of aromatic nitrogens is 1. The van der Waals surface area contributed by atoms with Crippen LogP contribution in [0.5, 0.6) is 5.75 Å². The second-order valence-corrected chi connectivity index (χ2v) is 6.58. The van der Waals surface area contributed by atoms with Gasteiger partial charge in [-0.1, -0.05) is 20.8 Å². The van der Waals surface area contributed by atoms with E-state index >= 15 is 0 Å². The van der Waals surface area contributed by atoms with Gasteiger partial charge in [-0.05, 0) is 24.3 Å². The Hall–Kier alpha value is -1.69. The minimum absolute atomic E-state index is 0.0447. The van der Waals surface area contributed by atoms with Gasteiger partial charge in [0.25, 0.3) is 0 Å². The van der Waals surface area contributed by atoms with Crippen molar-refractivity contribution in [1.29, 1.82) is 0 Å². The third-order valence-corrected chi connectivity index (χ3v) is 3.69. The van der Waals surface area contributed by atoms with Crippen molar-refractivity contribution >= 4 is 17.0 Å². The highest BCUT2D eigenvalue weighted by Crippen LogP contribution is 2.24. The smallest absolute Gasteiger partial charge is 0.387 e. The van der Waals surface area contributed by atoms with Gasteiger partial charge in [0.1, 0.15) is 10.8 Å². The molecule has 6 heteroatoms. The fourth-order valence-corrected chi connectivity index (χ4v) is 2.63. The quantitative estimate of drug-likeness (QED) is 0.872. The van der Waals surface area contributed by atoms with E-state index in [2.05, 4.69) is 41.2 Å². The van der Waals surface area contributed by atoms with Crippen LogP contribution in [0, 0.1) is 0 Å². The van der Waals surface area contributed by atoms with Crippen LogP contribution in [0.4, 0.5) is 14.5 Å². The number of hydrogen-bond donors (Lipinski definition) is 1. The number of nitrogens with zero attached hydrogens (tertiary/aromatic N) is 1. The van der Waals surface area contributed by atoms with E-state index in [0.717, 1.165) is 16.4 Å². The highest BCUT2D eigenvalue weighted by atomic mass is 32.1. The Bertz CT molecular complexity index is 576. The lowest BCUT2D eigenvalue weighted by Gasteiger charge is -2.14. The van der Waals surface area contributed by atoms with Gasteiger partial charge in [0.05, 0.1) is 12.2 Å². The lowest BCUT2D eigenvalue weighted by Crippen LogP contribution is -2.11. The highest BCUT2D eigenvalue weighted by molar-refractivity contribution is 7.09. The topological polar surface area (TPSA) is 34.1 Å². The molecule has 0 saturated heterocycles. The van der Waals surface area contributed by atoms with E-state index in [9.17, 15) is 8.78 Å². The van der Waals surface area contributed by atoms with Crippen molar-refractivity contribution < 1.29 is 13.5 Å². The average Bonchev–Trinajstić information content (AvgIpc) is 2.86. The van der Waals surface area contributed by atoms with Gasteiger partial charge in [0.2, 0.25) is 0 Å². The van der Waals surface area contributed by atoms with Crippen LogP contribution in [0.3, 0.4) is 0 Å². The lowest BCUT2D eigenvalue weighted by atomic mass is 9.93. The molecule has 0 aliphatic heterocycles. The van der Waals surface area contributed by atoms with Crippen molar-refractivity contribution in [3.8, 4) is 5.75 Å². The van der Waals surface area contributed by atoms with Gasteiger partial charge in [0.15, 0.2) is 0 Å². The first-order chi connectivity index (χ1) is 9.84. The van der Waals surface area contributed by atoms with Crippen molar-refractivity contribution in [3.63, 3.8) is 0 Å². The number of rotatable bonds is 5. The molecule has 1 aromatic heterocycles. The fourth-order valence-electron chi connectivity index (χ4n) is 1.67. The summed E-state index contributed by atoms with van der Waals surface area (Å²) in [5.41, 5.74) is 1.96. The number of ether oxygens (including phenoxy) is 1. The first-order valence-electron chi connectivity index (χ1n) is 6.58. The molecule has 0 saturated carbocycles. The van der Waals surface area contributed by atoms with Gasteiger partial charge < -0.3 is 10.1 Å². The summed E-state index contributed by atoms with van der Waals surface area (Å²) in [5.74, 6) is 0.153. The number of alkyl halides is 2. The molecule has 2 aromatic rings.